The van der Waals surface area contributed by atoms with Crippen molar-refractivity contribution in [2.24, 2.45) is 5.92 Å². The second kappa shape index (κ2) is 7.01. The molecule has 1 amide bonds. The molecule has 2 aromatic rings. The van der Waals surface area contributed by atoms with Crippen molar-refractivity contribution in [2.75, 3.05) is 24.5 Å². The fourth-order valence-corrected chi connectivity index (χ4v) is 4.26. The summed E-state index contributed by atoms with van der Waals surface area (Å²) in [6.07, 6.45) is 2.93. The number of amides is 1. The largest absolute Gasteiger partial charge is 0.312 e. The van der Waals surface area contributed by atoms with Crippen LogP contribution in [0.3, 0.4) is 0 Å². The molecule has 0 aromatic heterocycles. The Hall–Kier alpha value is -2.13. The Bertz CT molecular complexity index is 735. The summed E-state index contributed by atoms with van der Waals surface area (Å²) in [7, 11) is 0. The number of anilines is 1. The lowest BCUT2D eigenvalue weighted by Crippen LogP contribution is -2.42. The standard InChI is InChI=1S/C22H26N2O/c1-17(18-7-3-2-4-8-18)23-14-11-20(12-15-23)22(25)24-16-13-19-9-5-6-10-21(19)24/h2-10,17,20H,11-16H2,1H3. The lowest BCUT2D eigenvalue weighted by Gasteiger charge is -2.37. The van der Waals surface area contributed by atoms with Crippen LogP contribution in [0, 0.1) is 5.92 Å². The highest BCUT2D eigenvalue weighted by Gasteiger charge is 2.33. The first-order chi connectivity index (χ1) is 12.2. The molecule has 0 radical (unpaired) electrons. The SMILES string of the molecule is CC(c1ccccc1)N1CCC(C(=O)N2CCc3ccccc32)CC1. The molecule has 25 heavy (non-hydrogen) atoms. The summed E-state index contributed by atoms with van der Waals surface area (Å²) < 4.78 is 0. The van der Waals surface area contributed by atoms with Crippen LogP contribution in [0.2, 0.25) is 0 Å². The summed E-state index contributed by atoms with van der Waals surface area (Å²) in [6.45, 7) is 5.12. The van der Waals surface area contributed by atoms with E-state index >= 15 is 0 Å². The molecule has 4 rings (SSSR count). The van der Waals surface area contributed by atoms with Gasteiger partial charge in [0.05, 0.1) is 0 Å². The van der Waals surface area contributed by atoms with Gasteiger partial charge < -0.3 is 4.90 Å². The third-order valence-electron chi connectivity index (χ3n) is 5.86. The molecule has 2 aliphatic rings. The Morgan fingerprint density at radius 1 is 0.960 bits per heavy atom. The van der Waals surface area contributed by atoms with Gasteiger partial charge in [-0.3, -0.25) is 9.69 Å². The van der Waals surface area contributed by atoms with E-state index in [-0.39, 0.29) is 5.92 Å². The highest BCUT2D eigenvalue weighted by atomic mass is 16.2. The van der Waals surface area contributed by atoms with Crippen LogP contribution >= 0.6 is 0 Å². The highest BCUT2D eigenvalue weighted by Crippen LogP contribution is 2.32. The number of hydrogen-bond acceptors (Lipinski definition) is 2. The van der Waals surface area contributed by atoms with Gasteiger partial charge in [-0.1, -0.05) is 48.5 Å². The molecule has 1 atom stereocenters. The minimum absolute atomic E-state index is 0.172. The minimum Gasteiger partial charge on any atom is -0.312 e. The maximum atomic E-state index is 13.0. The topological polar surface area (TPSA) is 23.6 Å². The van der Waals surface area contributed by atoms with Crippen LogP contribution < -0.4 is 4.90 Å². The van der Waals surface area contributed by atoms with E-state index in [1.807, 2.05) is 11.0 Å². The average molecular weight is 334 g/mol. The second-order valence-electron chi connectivity index (χ2n) is 7.27. The number of benzene rings is 2. The van der Waals surface area contributed by atoms with Gasteiger partial charge >= 0.3 is 0 Å². The number of nitrogens with zero attached hydrogens (tertiary/aromatic N) is 2. The first kappa shape index (κ1) is 16.3. The summed E-state index contributed by atoms with van der Waals surface area (Å²) in [6, 6.07) is 19.4. The quantitative estimate of drug-likeness (QED) is 0.845. The molecule has 0 spiro atoms. The first-order valence-corrected chi connectivity index (χ1v) is 9.42. The average Bonchev–Trinajstić information content (AvgIpc) is 3.12. The van der Waals surface area contributed by atoms with Gasteiger partial charge in [-0.2, -0.15) is 0 Å². The van der Waals surface area contributed by atoms with Crippen LogP contribution in [0.5, 0.6) is 0 Å². The molecule has 1 unspecified atom stereocenters. The number of rotatable bonds is 3. The molecule has 130 valence electrons. The van der Waals surface area contributed by atoms with E-state index < -0.39 is 0 Å². The van der Waals surface area contributed by atoms with Crippen LogP contribution in [0.25, 0.3) is 0 Å². The van der Waals surface area contributed by atoms with E-state index in [0.29, 0.717) is 11.9 Å². The maximum absolute atomic E-state index is 13.0. The third kappa shape index (κ3) is 3.21. The minimum atomic E-state index is 0.172. The lowest BCUT2D eigenvalue weighted by molar-refractivity contribution is -0.123. The number of hydrogen-bond donors (Lipinski definition) is 0. The Balaban J connectivity index is 1.38. The molecule has 2 aromatic carbocycles. The maximum Gasteiger partial charge on any atom is 0.230 e. The zero-order chi connectivity index (χ0) is 17.2. The van der Waals surface area contributed by atoms with E-state index in [2.05, 4.69) is 60.4 Å². The molecular formula is C22H26N2O. The van der Waals surface area contributed by atoms with Crippen molar-refractivity contribution in [3.63, 3.8) is 0 Å². The smallest absolute Gasteiger partial charge is 0.230 e. The van der Waals surface area contributed by atoms with E-state index in [0.717, 1.165) is 44.6 Å². The Labute approximate surface area is 150 Å². The van der Waals surface area contributed by atoms with Crippen LogP contribution in [-0.4, -0.2) is 30.4 Å². The number of carbonyl (C=O) groups excluding carboxylic acids is 1. The van der Waals surface area contributed by atoms with Crippen molar-refractivity contribution >= 4 is 11.6 Å². The first-order valence-electron chi connectivity index (χ1n) is 9.42. The molecule has 1 saturated heterocycles. The van der Waals surface area contributed by atoms with Gasteiger partial charge in [0.2, 0.25) is 5.91 Å². The Morgan fingerprint density at radius 2 is 1.64 bits per heavy atom. The van der Waals surface area contributed by atoms with Gasteiger partial charge in [-0.15, -0.1) is 0 Å². The van der Waals surface area contributed by atoms with Crippen LogP contribution in [0.15, 0.2) is 54.6 Å². The Kier molecular flexibility index (Phi) is 4.58. The second-order valence-corrected chi connectivity index (χ2v) is 7.27. The number of fused-ring (bicyclic) bond motifs is 1. The molecular weight excluding hydrogens is 308 g/mol. The molecule has 3 heteroatoms. The van der Waals surface area contributed by atoms with Gasteiger partial charge in [0.15, 0.2) is 0 Å². The van der Waals surface area contributed by atoms with Crippen molar-refractivity contribution in [3.05, 3.63) is 65.7 Å². The van der Waals surface area contributed by atoms with E-state index in [9.17, 15) is 4.79 Å². The lowest BCUT2D eigenvalue weighted by atomic mass is 9.93. The molecule has 0 saturated carbocycles. The molecule has 3 nitrogen and oxygen atoms in total. The third-order valence-corrected chi connectivity index (χ3v) is 5.86. The zero-order valence-corrected chi connectivity index (χ0v) is 14.9. The van der Waals surface area contributed by atoms with E-state index in [4.69, 9.17) is 0 Å². The van der Waals surface area contributed by atoms with E-state index in [1.54, 1.807) is 0 Å². The highest BCUT2D eigenvalue weighted by molar-refractivity contribution is 5.97. The fourth-order valence-electron chi connectivity index (χ4n) is 4.26. The molecule has 0 N–H and O–H groups in total. The normalized spacial score (nSPS) is 19.6. The Morgan fingerprint density at radius 3 is 2.40 bits per heavy atom. The van der Waals surface area contributed by atoms with Crippen molar-refractivity contribution in [3.8, 4) is 0 Å². The summed E-state index contributed by atoms with van der Waals surface area (Å²) in [5, 5.41) is 0. The summed E-state index contributed by atoms with van der Waals surface area (Å²) >= 11 is 0. The fraction of sp³-hybridized carbons (Fsp3) is 0.409. The van der Waals surface area contributed by atoms with Gasteiger partial charge in [0, 0.05) is 24.2 Å². The summed E-state index contributed by atoms with van der Waals surface area (Å²) in [4.78, 5) is 17.6. The molecule has 0 aliphatic carbocycles. The van der Waals surface area contributed by atoms with Crippen molar-refractivity contribution < 1.29 is 4.79 Å². The number of para-hydroxylation sites is 1. The summed E-state index contributed by atoms with van der Waals surface area (Å²) in [5.41, 5.74) is 3.80. The van der Waals surface area contributed by atoms with Crippen molar-refractivity contribution in [1.29, 1.82) is 0 Å². The van der Waals surface area contributed by atoms with Gasteiger partial charge in [0.1, 0.15) is 0 Å². The van der Waals surface area contributed by atoms with Gasteiger partial charge in [-0.05, 0) is 56.5 Å². The van der Waals surface area contributed by atoms with Crippen molar-refractivity contribution in [1.82, 2.24) is 4.90 Å². The monoisotopic (exact) mass is 334 g/mol. The molecule has 1 fully saturated rings. The van der Waals surface area contributed by atoms with Crippen LogP contribution in [-0.2, 0) is 11.2 Å². The number of carbonyl (C=O) groups is 1. The van der Waals surface area contributed by atoms with E-state index in [1.165, 1.54) is 11.1 Å². The van der Waals surface area contributed by atoms with Crippen LogP contribution in [0.4, 0.5) is 5.69 Å². The predicted octanol–water partition coefficient (Wildman–Crippen LogP) is 4.05. The van der Waals surface area contributed by atoms with Crippen molar-refractivity contribution in [2.45, 2.75) is 32.2 Å². The van der Waals surface area contributed by atoms with Gasteiger partial charge in [0.25, 0.3) is 0 Å². The molecule has 2 heterocycles. The van der Waals surface area contributed by atoms with Crippen LogP contribution in [0.1, 0.15) is 36.9 Å². The number of likely N-dealkylation sites (tertiary alicyclic amines) is 1. The molecule has 2 aliphatic heterocycles. The molecule has 0 bridgehead atoms. The predicted molar refractivity (Wildman–Crippen MR) is 102 cm³/mol. The zero-order valence-electron chi connectivity index (χ0n) is 14.9. The summed E-state index contributed by atoms with van der Waals surface area (Å²) in [5.74, 6) is 0.502. The number of piperidine rings is 1. The van der Waals surface area contributed by atoms with Gasteiger partial charge in [-0.25, -0.2) is 0 Å².